The first-order valence-corrected chi connectivity index (χ1v) is 5.88. The lowest BCUT2D eigenvalue weighted by molar-refractivity contribution is 0.0536. The van der Waals surface area contributed by atoms with Crippen LogP contribution >= 0.6 is 0 Å². The van der Waals surface area contributed by atoms with Crippen molar-refractivity contribution in [3.05, 3.63) is 18.2 Å². The first kappa shape index (κ1) is 12.1. The molecule has 1 fully saturated rings. The number of aromatic nitrogens is 2. The molecule has 1 aliphatic carbocycles. The Balaban J connectivity index is 2.01. The summed E-state index contributed by atoms with van der Waals surface area (Å²) in [6.07, 6.45) is 3.94. The van der Waals surface area contributed by atoms with Gasteiger partial charge >= 0.3 is 6.09 Å². The smallest absolute Gasteiger partial charge is 0.419 e. The summed E-state index contributed by atoms with van der Waals surface area (Å²) in [5, 5.41) is 0. The van der Waals surface area contributed by atoms with E-state index in [0.717, 1.165) is 12.1 Å². The molecule has 0 spiro atoms. The van der Waals surface area contributed by atoms with Crippen LogP contribution in [0.5, 0.6) is 0 Å². The molecule has 2 rings (SSSR count). The Morgan fingerprint density at radius 3 is 2.88 bits per heavy atom. The minimum Gasteiger partial charge on any atom is -0.443 e. The van der Waals surface area contributed by atoms with Crippen LogP contribution in [0, 0.1) is 5.92 Å². The molecule has 5 heteroatoms. The molecule has 1 aromatic rings. The topological polar surface area (TPSA) is 70.1 Å². The van der Waals surface area contributed by atoms with Crippen molar-refractivity contribution < 1.29 is 9.53 Å². The van der Waals surface area contributed by atoms with Crippen molar-refractivity contribution in [2.75, 3.05) is 6.54 Å². The first-order chi connectivity index (χ1) is 7.90. The highest BCUT2D eigenvalue weighted by Crippen LogP contribution is 2.45. The second-order valence-electron chi connectivity index (χ2n) is 5.52. The Morgan fingerprint density at radius 2 is 2.35 bits per heavy atom. The van der Waals surface area contributed by atoms with Gasteiger partial charge in [0.2, 0.25) is 0 Å². The molecular formula is C12H19N3O2. The lowest BCUT2D eigenvalue weighted by Gasteiger charge is -2.19. The van der Waals surface area contributed by atoms with Crippen LogP contribution in [0.2, 0.25) is 0 Å². The van der Waals surface area contributed by atoms with Gasteiger partial charge in [0.15, 0.2) is 0 Å². The molecule has 0 aliphatic heterocycles. The van der Waals surface area contributed by atoms with Crippen molar-refractivity contribution in [1.29, 1.82) is 0 Å². The zero-order chi connectivity index (χ0) is 12.6. The number of imidazole rings is 1. The lowest BCUT2D eigenvalue weighted by Crippen LogP contribution is -2.26. The maximum Gasteiger partial charge on any atom is 0.419 e. The van der Waals surface area contributed by atoms with Crippen molar-refractivity contribution in [3.8, 4) is 0 Å². The largest absolute Gasteiger partial charge is 0.443 e. The first-order valence-electron chi connectivity index (χ1n) is 5.88. The summed E-state index contributed by atoms with van der Waals surface area (Å²) < 4.78 is 6.65. The SMILES string of the molecule is CC(C)(C)OC(=O)n1cnc(C2CC2CN)c1. The minimum absolute atomic E-state index is 0.388. The maximum atomic E-state index is 11.7. The molecule has 0 bridgehead atoms. The molecule has 1 saturated carbocycles. The van der Waals surface area contributed by atoms with E-state index in [4.69, 9.17) is 10.5 Å². The summed E-state index contributed by atoms with van der Waals surface area (Å²) in [6.45, 7) is 6.21. The zero-order valence-electron chi connectivity index (χ0n) is 10.5. The maximum absolute atomic E-state index is 11.7. The van der Waals surface area contributed by atoms with E-state index in [9.17, 15) is 4.79 Å². The van der Waals surface area contributed by atoms with Crippen LogP contribution in [0.25, 0.3) is 0 Å². The van der Waals surface area contributed by atoms with Crippen LogP contribution < -0.4 is 5.73 Å². The number of hydrogen-bond donors (Lipinski definition) is 1. The van der Waals surface area contributed by atoms with Gasteiger partial charge in [-0.15, -0.1) is 0 Å². The lowest BCUT2D eigenvalue weighted by atomic mass is 10.2. The average Bonchev–Trinajstić information content (AvgIpc) is 2.83. The molecule has 94 valence electrons. The number of rotatable bonds is 2. The van der Waals surface area contributed by atoms with Crippen LogP contribution in [0.3, 0.4) is 0 Å². The number of ether oxygens (including phenoxy) is 1. The monoisotopic (exact) mass is 237 g/mol. The van der Waals surface area contributed by atoms with Gasteiger partial charge in [-0.25, -0.2) is 14.3 Å². The molecule has 0 aromatic carbocycles. The van der Waals surface area contributed by atoms with Gasteiger partial charge < -0.3 is 10.5 Å². The van der Waals surface area contributed by atoms with Gasteiger partial charge in [0.1, 0.15) is 11.9 Å². The van der Waals surface area contributed by atoms with Crippen molar-refractivity contribution in [2.45, 2.75) is 38.7 Å². The standard InChI is InChI=1S/C12H19N3O2/c1-12(2,3)17-11(16)15-6-10(14-7-15)9-4-8(9)5-13/h6-9H,4-5,13H2,1-3H3. The van der Waals surface area contributed by atoms with Crippen LogP contribution in [-0.4, -0.2) is 27.8 Å². The highest BCUT2D eigenvalue weighted by Gasteiger charge is 2.38. The molecule has 2 atom stereocenters. The van der Waals surface area contributed by atoms with Crippen molar-refractivity contribution in [3.63, 3.8) is 0 Å². The molecule has 1 heterocycles. The number of hydrogen-bond acceptors (Lipinski definition) is 4. The molecule has 1 aliphatic rings. The van der Waals surface area contributed by atoms with Crippen LogP contribution in [-0.2, 0) is 4.74 Å². The predicted octanol–water partition coefficient (Wildman–Crippen LogP) is 1.73. The minimum atomic E-state index is -0.485. The van der Waals surface area contributed by atoms with Gasteiger partial charge in [0, 0.05) is 12.1 Å². The average molecular weight is 237 g/mol. The van der Waals surface area contributed by atoms with E-state index in [1.54, 1.807) is 6.20 Å². The van der Waals surface area contributed by atoms with Gasteiger partial charge in [0.05, 0.1) is 5.69 Å². The molecule has 17 heavy (non-hydrogen) atoms. The van der Waals surface area contributed by atoms with E-state index < -0.39 is 5.60 Å². The fraction of sp³-hybridized carbons (Fsp3) is 0.667. The van der Waals surface area contributed by atoms with Crippen LogP contribution in [0.15, 0.2) is 12.5 Å². The summed E-state index contributed by atoms with van der Waals surface area (Å²) in [5.41, 5.74) is 6.04. The Morgan fingerprint density at radius 1 is 1.65 bits per heavy atom. The summed E-state index contributed by atoms with van der Waals surface area (Å²) in [6, 6.07) is 0. The third-order valence-electron chi connectivity index (χ3n) is 2.81. The van der Waals surface area contributed by atoms with E-state index in [0.29, 0.717) is 18.4 Å². The molecule has 2 N–H and O–H groups in total. The highest BCUT2D eigenvalue weighted by atomic mass is 16.6. The summed E-state index contributed by atoms with van der Waals surface area (Å²) in [5.74, 6) is 0.945. The number of nitrogens with zero attached hydrogens (tertiary/aromatic N) is 2. The molecule has 0 amide bonds. The number of carbonyl (C=O) groups is 1. The predicted molar refractivity (Wildman–Crippen MR) is 63.8 cm³/mol. The number of carbonyl (C=O) groups excluding carboxylic acids is 1. The number of nitrogens with two attached hydrogens (primary N) is 1. The molecule has 0 saturated heterocycles. The van der Waals surface area contributed by atoms with E-state index in [2.05, 4.69) is 4.98 Å². The molecule has 2 unspecified atom stereocenters. The Kier molecular flexibility index (Phi) is 2.95. The van der Waals surface area contributed by atoms with Gasteiger partial charge in [0.25, 0.3) is 0 Å². The highest BCUT2D eigenvalue weighted by molar-refractivity contribution is 5.70. The normalized spacial score (nSPS) is 23.5. The third-order valence-corrected chi connectivity index (χ3v) is 2.81. The summed E-state index contributed by atoms with van der Waals surface area (Å²) in [4.78, 5) is 16.0. The Bertz CT molecular complexity index is 420. The molecule has 1 aromatic heterocycles. The Labute approximate surface area is 101 Å². The van der Waals surface area contributed by atoms with E-state index >= 15 is 0 Å². The van der Waals surface area contributed by atoms with E-state index in [1.807, 2.05) is 20.8 Å². The molecule has 0 radical (unpaired) electrons. The Hall–Kier alpha value is -1.36. The fourth-order valence-electron chi connectivity index (χ4n) is 1.81. The quantitative estimate of drug-likeness (QED) is 0.850. The van der Waals surface area contributed by atoms with E-state index in [-0.39, 0.29) is 6.09 Å². The van der Waals surface area contributed by atoms with Gasteiger partial charge in [-0.05, 0) is 39.7 Å². The fourth-order valence-corrected chi connectivity index (χ4v) is 1.81. The van der Waals surface area contributed by atoms with Crippen molar-refractivity contribution in [2.24, 2.45) is 11.7 Å². The van der Waals surface area contributed by atoms with E-state index in [1.165, 1.54) is 10.9 Å². The molecule has 5 nitrogen and oxygen atoms in total. The van der Waals surface area contributed by atoms with Crippen LogP contribution in [0.1, 0.15) is 38.8 Å². The van der Waals surface area contributed by atoms with Crippen molar-refractivity contribution >= 4 is 6.09 Å². The second kappa shape index (κ2) is 4.14. The van der Waals surface area contributed by atoms with Gasteiger partial charge in [-0.1, -0.05) is 0 Å². The summed E-state index contributed by atoms with van der Waals surface area (Å²) in [7, 11) is 0. The van der Waals surface area contributed by atoms with Gasteiger partial charge in [-0.3, -0.25) is 0 Å². The molecular weight excluding hydrogens is 218 g/mol. The van der Waals surface area contributed by atoms with Crippen molar-refractivity contribution in [1.82, 2.24) is 9.55 Å². The van der Waals surface area contributed by atoms with Gasteiger partial charge in [-0.2, -0.15) is 0 Å². The zero-order valence-corrected chi connectivity index (χ0v) is 10.5. The third kappa shape index (κ3) is 2.85. The second-order valence-corrected chi connectivity index (χ2v) is 5.52. The summed E-state index contributed by atoms with van der Waals surface area (Å²) >= 11 is 0. The van der Waals surface area contributed by atoms with Crippen LogP contribution in [0.4, 0.5) is 4.79 Å².